The van der Waals surface area contributed by atoms with Gasteiger partial charge in [-0.15, -0.1) is 13.2 Å². The third kappa shape index (κ3) is 8.98. The summed E-state index contributed by atoms with van der Waals surface area (Å²) in [7, 11) is 1.46. The lowest BCUT2D eigenvalue weighted by atomic mass is 10.1. The molecule has 0 aliphatic rings. The predicted octanol–water partition coefficient (Wildman–Crippen LogP) is 5.02. The Morgan fingerprint density at radius 1 is 1.10 bits per heavy atom. The summed E-state index contributed by atoms with van der Waals surface area (Å²) in [6, 6.07) is 12.2. The lowest BCUT2D eigenvalue weighted by Crippen LogP contribution is -2.41. The molecule has 3 rings (SSSR count). The number of aliphatic imine (C=N–C) groups is 1. The van der Waals surface area contributed by atoms with Crippen LogP contribution in [0.2, 0.25) is 5.02 Å². The molecule has 0 spiro atoms. The van der Waals surface area contributed by atoms with Crippen molar-refractivity contribution in [3.8, 4) is 11.5 Å². The van der Waals surface area contributed by atoms with Crippen molar-refractivity contribution in [2.24, 2.45) is 12.0 Å². The largest absolute Gasteiger partial charge is 0.573 e. The van der Waals surface area contributed by atoms with Crippen molar-refractivity contribution in [2.75, 3.05) is 19.8 Å². The van der Waals surface area contributed by atoms with Gasteiger partial charge < -0.3 is 19.3 Å². The van der Waals surface area contributed by atoms with E-state index < -0.39 is 23.4 Å². The maximum Gasteiger partial charge on any atom is 0.573 e. The SMILES string of the molecule is C/C(=C/c1ccc(Cl)cc1)C(=Nc1c(C)c(=O)n(CCO)c(=O)n1C)OCCCOc1cccc(OC(F)(F)F)c1. The highest BCUT2D eigenvalue weighted by molar-refractivity contribution is 6.30. The van der Waals surface area contributed by atoms with Gasteiger partial charge in [0.05, 0.1) is 31.9 Å². The summed E-state index contributed by atoms with van der Waals surface area (Å²) in [5, 5.41) is 9.80. The Labute approximate surface area is 238 Å². The van der Waals surface area contributed by atoms with Crippen molar-refractivity contribution in [3.05, 3.63) is 91.1 Å². The van der Waals surface area contributed by atoms with Gasteiger partial charge in [0, 0.05) is 30.1 Å². The topological polar surface area (TPSA) is 104 Å². The number of halogens is 4. The third-order valence-corrected chi connectivity index (χ3v) is 5.95. The number of ether oxygens (including phenoxy) is 3. The van der Waals surface area contributed by atoms with Gasteiger partial charge in [0.25, 0.3) is 5.56 Å². The minimum Gasteiger partial charge on any atom is -0.493 e. The minimum atomic E-state index is -4.81. The Morgan fingerprint density at radius 2 is 1.78 bits per heavy atom. The average Bonchev–Trinajstić information content (AvgIpc) is 2.91. The summed E-state index contributed by atoms with van der Waals surface area (Å²) in [4.78, 5) is 30.0. The van der Waals surface area contributed by atoms with Crippen LogP contribution in [0.15, 0.2) is 68.7 Å². The van der Waals surface area contributed by atoms with Crippen LogP contribution < -0.4 is 20.7 Å². The van der Waals surface area contributed by atoms with Crippen LogP contribution in [-0.2, 0) is 18.3 Å². The van der Waals surface area contributed by atoms with E-state index in [2.05, 4.69) is 9.73 Å². The third-order valence-electron chi connectivity index (χ3n) is 5.69. The number of hydrogen-bond acceptors (Lipinski definition) is 7. The van der Waals surface area contributed by atoms with E-state index in [0.29, 0.717) is 17.0 Å². The fourth-order valence-corrected chi connectivity index (χ4v) is 3.87. The molecule has 0 amide bonds. The van der Waals surface area contributed by atoms with E-state index in [4.69, 9.17) is 21.1 Å². The van der Waals surface area contributed by atoms with Gasteiger partial charge in [-0.3, -0.25) is 13.9 Å². The lowest BCUT2D eigenvalue weighted by molar-refractivity contribution is -0.274. The summed E-state index contributed by atoms with van der Waals surface area (Å²) < 4.78 is 54.9. The molecule has 0 bridgehead atoms. The minimum absolute atomic E-state index is 0.0887. The first-order valence-corrected chi connectivity index (χ1v) is 12.8. The Kier molecular flexibility index (Phi) is 10.8. The molecule has 0 aliphatic heterocycles. The number of aliphatic hydroxyl groups excluding tert-OH is 1. The molecule has 41 heavy (non-hydrogen) atoms. The first-order valence-electron chi connectivity index (χ1n) is 12.4. The summed E-state index contributed by atoms with van der Waals surface area (Å²) >= 11 is 5.98. The zero-order valence-electron chi connectivity index (χ0n) is 22.6. The van der Waals surface area contributed by atoms with Crippen LogP contribution in [0.4, 0.5) is 19.0 Å². The summed E-state index contributed by atoms with van der Waals surface area (Å²) in [6.45, 7) is 2.94. The van der Waals surface area contributed by atoms with Crippen LogP contribution in [0.1, 0.15) is 24.5 Å². The normalized spacial score (nSPS) is 12.4. The summed E-state index contributed by atoms with van der Waals surface area (Å²) in [6.07, 6.45) is -2.70. The Hall–Kier alpha value is -4.03. The average molecular weight is 596 g/mol. The van der Waals surface area contributed by atoms with Crippen molar-refractivity contribution in [3.63, 3.8) is 0 Å². The molecule has 0 fully saturated rings. The van der Waals surface area contributed by atoms with E-state index in [1.807, 2.05) is 0 Å². The number of rotatable bonds is 11. The molecule has 2 aromatic carbocycles. The van der Waals surface area contributed by atoms with Crippen molar-refractivity contribution in [1.82, 2.24) is 9.13 Å². The molecular formula is C28H29ClF3N3O6. The molecule has 0 unspecified atom stereocenters. The highest BCUT2D eigenvalue weighted by atomic mass is 35.5. The first kappa shape index (κ1) is 31.5. The monoisotopic (exact) mass is 595 g/mol. The molecule has 220 valence electrons. The number of aromatic nitrogens is 2. The maximum absolute atomic E-state index is 12.8. The molecular weight excluding hydrogens is 567 g/mol. The predicted molar refractivity (Wildman–Crippen MR) is 149 cm³/mol. The van der Waals surface area contributed by atoms with Gasteiger partial charge in [-0.2, -0.15) is 4.99 Å². The van der Waals surface area contributed by atoms with E-state index in [0.717, 1.165) is 16.2 Å². The second-order valence-corrected chi connectivity index (χ2v) is 9.28. The molecule has 13 heteroatoms. The number of nitrogens with zero attached hydrogens (tertiary/aromatic N) is 3. The Morgan fingerprint density at radius 3 is 2.44 bits per heavy atom. The zero-order valence-corrected chi connectivity index (χ0v) is 23.3. The molecule has 1 aromatic heterocycles. The molecule has 0 saturated carbocycles. The van der Waals surface area contributed by atoms with Crippen LogP contribution in [0.5, 0.6) is 11.5 Å². The van der Waals surface area contributed by atoms with Crippen molar-refractivity contribution < 1.29 is 32.5 Å². The van der Waals surface area contributed by atoms with Gasteiger partial charge in [0.1, 0.15) is 17.3 Å². The molecule has 0 atom stereocenters. The van der Waals surface area contributed by atoms with Gasteiger partial charge in [-0.1, -0.05) is 29.8 Å². The van der Waals surface area contributed by atoms with Gasteiger partial charge in [0.2, 0.25) is 5.90 Å². The Bertz CT molecular complexity index is 1490. The van der Waals surface area contributed by atoms with E-state index in [1.165, 1.54) is 36.7 Å². The van der Waals surface area contributed by atoms with Gasteiger partial charge >= 0.3 is 12.1 Å². The van der Waals surface area contributed by atoms with E-state index in [-0.39, 0.29) is 49.4 Å². The Balaban J connectivity index is 1.82. The molecule has 0 radical (unpaired) electrons. The number of aliphatic hydroxyl groups is 1. The fourth-order valence-electron chi connectivity index (χ4n) is 3.74. The molecule has 1 heterocycles. The first-order chi connectivity index (χ1) is 19.4. The van der Waals surface area contributed by atoms with Gasteiger partial charge in [-0.25, -0.2) is 4.79 Å². The van der Waals surface area contributed by atoms with Crippen LogP contribution in [0.3, 0.4) is 0 Å². The van der Waals surface area contributed by atoms with Crippen molar-refractivity contribution in [2.45, 2.75) is 33.2 Å². The van der Waals surface area contributed by atoms with Crippen LogP contribution >= 0.6 is 11.6 Å². The molecule has 0 aliphatic carbocycles. The number of hydrogen-bond donors (Lipinski definition) is 1. The standard InChI is InChI=1S/C28H29ClF3N3O6/c1-18(16-20-8-10-21(29)11-9-20)25(33-24-19(2)26(37)35(12-13-36)27(38)34(24)3)40-15-5-14-39-22-6-4-7-23(17-22)41-28(30,31)32/h4,6-11,16-17,36H,5,12-15H2,1-3H3/b18-16-,33-25?. The molecule has 3 aromatic rings. The van der Waals surface area contributed by atoms with Gasteiger partial charge in [0.15, 0.2) is 0 Å². The van der Waals surface area contributed by atoms with Crippen molar-refractivity contribution >= 4 is 29.4 Å². The summed E-state index contributed by atoms with van der Waals surface area (Å²) in [5.41, 5.74) is 0.347. The molecule has 0 saturated heterocycles. The summed E-state index contributed by atoms with van der Waals surface area (Å²) in [5.74, 6) is 0.0164. The zero-order chi connectivity index (χ0) is 30.2. The second-order valence-electron chi connectivity index (χ2n) is 8.84. The number of alkyl halides is 3. The second kappa shape index (κ2) is 14.0. The highest BCUT2D eigenvalue weighted by Gasteiger charge is 2.31. The fraction of sp³-hybridized carbons (Fsp3) is 0.321. The van der Waals surface area contributed by atoms with E-state index in [1.54, 1.807) is 37.3 Å². The number of benzene rings is 2. The van der Waals surface area contributed by atoms with E-state index >= 15 is 0 Å². The van der Waals surface area contributed by atoms with Crippen LogP contribution in [0, 0.1) is 6.92 Å². The van der Waals surface area contributed by atoms with Crippen LogP contribution in [-0.4, -0.2) is 46.3 Å². The van der Waals surface area contributed by atoms with Crippen molar-refractivity contribution in [1.29, 1.82) is 0 Å². The highest BCUT2D eigenvalue weighted by Crippen LogP contribution is 2.26. The molecule has 9 nitrogen and oxygen atoms in total. The quantitative estimate of drug-likeness (QED) is 0.190. The van der Waals surface area contributed by atoms with E-state index in [9.17, 15) is 27.9 Å². The lowest BCUT2D eigenvalue weighted by Gasteiger charge is -2.15. The molecule has 1 N–H and O–H groups in total. The smallest absolute Gasteiger partial charge is 0.493 e. The maximum atomic E-state index is 12.8. The van der Waals surface area contributed by atoms with Gasteiger partial charge in [-0.05, 0) is 49.8 Å². The van der Waals surface area contributed by atoms with Crippen LogP contribution in [0.25, 0.3) is 6.08 Å².